The minimum Gasteiger partial charge on any atom is -0.298 e. The lowest BCUT2D eigenvalue weighted by Gasteiger charge is -2.16. The highest BCUT2D eigenvalue weighted by Crippen LogP contribution is 2.26. The van der Waals surface area contributed by atoms with Gasteiger partial charge in [0.25, 0.3) is 0 Å². The number of nitriles is 1. The van der Waals surface area contributed by atoms with Gasteiger partial charge in [-0.1, -0.05) is 67.6 Å². The Morgan fingerprint density at radius 1 is 1.30 bits per heavy atom. The van der Waals surface area contributed by atoms with Crippen molar-refractivity contribution in [3.63, 3.8) is 0 Å². The van der Waals surface area contributed by atoms with E-state index in [2.05, 4.69) is 86.0 Å². The van der Waals surface area contributed by atoms with Gasteiger partial charge in [0.2, 0.25) is 0 Å². The van der Waals surface area contributed by atoms with Crippen LogP contribution < -0.4 is 0 Å². The average Bonchev–Trinajstić information content (AvgIpc) is 3.06. The first-order valence-corrected chi connectivity index (χ1v) is 8.35. The zero-order chi connectivity index (χ0) is 16.9. The highest BCUT2D eigenvalue weighted by atomic mass is 15.1. The molecular formula is C21H28N2. The molecule has 0 bridgehead atoms. The van der Waals surface area contributed by atoms with Crippen LogP contribution in [0.15, 0.2) is 66.3 Å². The van der Waals surface area contributed by atoms with Crippen LogP contribution in [0.1, 0.15) is 32.3 Å². The van der Waals surface area contributed by atoms with E-state index in [1.165, 1.54) is 30.6 Å². The molecule has 1 aliphatic rings. The predicted octanol–water partition coefficient (Wildman–Crippen LogP) is 5.12. The van der Waals surface area contributed by atoms with E-state index in [0.29, 0.717) is 5.92 Å². The van der Waals surface area contributed by atoms with Crippen LogP contribution in [0.25, 0.3) is 0 Å². The van der Waals surface area contributed by atoms with Crippen LogP contribution in [0.2, 0.25) is 0 Å². The number of hydrogen-bond acceptors (Lipinski definition) is 2. The van der Waals surface area contributed by atoms with Crippen LogP contribution in [0.3, 0.4) is 0 Å². The molecule has 2 heteroatoms. The van der Waals surface area contributed by atoms with Gasteiger partial charge in [0, 0.05) is 19.7 Å². The third kappa shape index (κ3) is 6.67. The first-order valence-electron chi connectivity index (χ1n) is 8.35. The van der Waals surface area contributed by atoms with E-state index < -0.39 is 0 Å². The van der Waals surface area contributed by atoms with Gasteiger partial charge < -0.3 is 0 Å². The van der Waals surface area contributed by atoms with Crippen molar-refractivity contribution in [2.75, 3.05) is 13.1 Å². The summed E-state index contributed by atoms with van der Waals surface area (Å²) in [5, 5.41) is 6.50. The molecule has 1 aliphatic heterocycles. The van der Waals surface area contributed by atoms with Crippen LogP contribution in [0.5, 0.6) is 0 Å². The Bertz CT molecular complexity index is 537. The van der Waals surface area contributed by atoms with E-state index in [1.54, 1.807) is 0 Å². The standard InChI is InChI=1S/C20H27N.CHN/c1-3-5-12-19(13-6-4-2)20-14-15-21(17-20)16-18-10-8-7-9-11-18;1-2/h3,5-13,20H,4,14-17H2,1-2H3;1H/b5-3-,13-6-,19-12+;. The summed E-state index contributed by atoms with van der Waals surface area (Å²) in [6.07, 6.45) is 13.5. The molecule has 0 aromatic heterocycles. The molecule has 0 spiro atoms. The van der Waals surface area contributed by atoms with Crippen molar-refractivity contribution in [3.05, 3.63) is 71.8 Å². The van der Waals surface area contributed by atoms with E-state index >= 15 is 0 Å². The van der Waals surface area contributed by atoms with Crippen molar-refractivity contribution in [1.29, 1.82) is 5.26 Å². The maximum atomic E-state index is 6.50. The van der Waals surface area contributed by atoms with Crippen LogP contribution in [-0.4, -0.2) is 18.0 Å². The summed E-state index contributed by atoms with van der Waals surface area (Å²) in [5.74, 6) is 0.674. The second-order valence-corrected chi connectivity index (χ2v) is 5.71. The second-order valence-electron chi connectivity index (χ2n) is 5.71. The molecule has 1 aromatic carbocycles. The number of hydrogen-bond donors (Lipinski definition) is 0. The van der Waals surface area contributed by atoms with Crippen LogP contribution in [-0.2, 0) is 6.54 Å². The minimum absolute atomic E-state index is 0.674. The molecule has 0 N–H and O–H groups in total. The molecule has 1 unspecified atom stereocenters. The molecule has 0 aliphatic carbocycles. The summed E-state index contributed by atoms with van der Waals surface area (Å²) in [6.45, 7) is 11.2. The molecule has 1 fully saturated rings. The quantitative estimate of drug-likeness (QED) is 0.682. The van der Waals surface area contributed by atoms with Crippen LogP contribution >= 0.6 is 0 Å². The highest BCUT2D eigenvalue weighted by molar-refractivity contribution is 5.27. The molecule has 2 rings (SSSR count). The third-order valence-corrected chi connectivity index (χ3v) is 4.02. The maximum absolute atomic E-state index is 6.50. The predicted molar refractivity (Wildman–Crippen MR) is 98.8 cm³/mol. The maximum Gasteiger partial charge on any atom is 0.0462 e. The Labute approximate surface area is 141 Å². The van der Waals surface area contributed by atoms with Crippen molar-refractivity contribution in [2.24, 2.45) is 5.92 Å². The molecule has 23 heavy (non-hydrogen) atoms. The molecule has 0 amide bonds. The lowest BCUT2D eigenvalue weighted by atomic mass is 9.97. The number of rotatable bonds is 6. The van der Waals surface area contributed by atoms with Crippen molar-refractivity contribution in [2.45, 2.75) is 33.2 Å². The van der Waals surface area contributed by atoms with Gasteiger partial charge in [-0.3, -0.25) is 4.90 Å². The topological polar surface area (TPSA) is 27.0 Å². The van der Waals surface area contributed by atoms with Crippen LogP contribution in [0, 0.1) is 17.8 Å². The van der Waals surface area contributed by atoms with E-state index in [-0.39, 0.29) is 0 Å². The largest absolute Gasteiger partial charge is 0.298 e. The summed E-state index contributed by atoms with van der Waals surface area (Å²) in [4.78, 5) is 2.57. The zero-order valence-corrected chi connectivity index (χ0v) is 14.4. The summed E-state index contributed by atoms with van der Waals surface area (Å²) >= 11 is 0. The van der Waals surface area contributed by atoms with Gasteiger partial charge in [0.1, 0.15) is 0 Å². The molecule has 1 heterocycles. The summed E-state index contributed by atoms with van der Waals surface area (Å²) in [6, 6.07) is 10.8. The van der Waals surface area contributed by atoms with Crippen molar-refractivity contribution in [1.82, 2.24) is 4.90 Å². The van der Waals surface area contributed by atoms with Gasteiger partial charge in [0.15, 0.2) is 0 Å². The molecule has 1 saturated heterocycles. The fourth-order valence-corrected chi connectivity index (χ4v) is 2.88. The highest BCUT2D eigenvalue weighted by Gasteiger charge is 2.24. The zero-order valence-electron chi connectivity index (χ0n) is 14.4. The monoisotopic (exact) mass is 308 g/mol. The first kappa shape index (κ1) is 18.9. The SMILES string of the molecule is C#N.C\C=C/C=C(\C=C/CC)C1CCN(Cc2ccccc2)C1. The Balaban J connectivity index is 0.00000127. The Hall–Kier alpha value is -2.11. The summed E-state index contributed by atoms with van der Waals surface area (Å²) < 4.78 is 0. The molecule has 122 valence electrons. The van der Waals surface area contributed by atoms with Crippen molar-refractivity contribution in [3.8, 4) is 6.57 Å². The fourth-order valence-electron chi connectivity index (χ4n) is 2.88. The Morgan fingerprint density at radius 3 is 2.70 bits per heavy atom. The molecule has 1 aromatic rings. The normalized spacial score (nSPS) is 19.1. The van der Waals surface area contributed by atoms with E-state index in [1.807, 2.05) is 0 Å². The van der Waals surface area contributed by atoms with Crippen molar-refractivity contribution < 1.29 is 0 Å². The minimum atomic E-state index is 0.674. The molecule has 2 nitrogen and oxygen atoms in total. The lowest BCUT2D eigenvalue weighted by molar-refractivity contribution is 0.323. The number of likely N-dealkylation sites (tertiary alicyclic amines) is 1. The number of allylic oxidation sites excluding steroid dienone is 5. The van der Waals surface area contributed by atoms with Gasteiger partial charge >= 0.3 is 0 Å². The third-order valence-electron chi connectivity index (χ3n) is 4.02. The number of benzene rings is 1. The molecule has 1 atom stereocenters. The van der Waals surface area contributed by atoms with Gasteiger partial charge in [-0.25, -0.2) is 5.26 Å². The second kappa shape index (κ2) is 11.5. The molecule has 0 saturated carbocycles. The van der Waals surface area contributed by atoms with Crippen LogP contribution in [0.4, 0.5) is 0 Å². The first-order chi connectivity index (χ1) is 11.3. The average molecular weight is 308 g/mol. The Morgan fingerprint density at radius 2 is 2.04 bits per heavy atom. The summed E-state index contributed by atoms with van der Waals surface area (Å²) in [5.41, 5.74) is 2.90. The molecule has 0 radical (unpaired) electrons. The van der Waals surface area contributed by atoms with Gasteiger partial charge in [-0.2, -0.15) is 0 Å². The van der Waals surface area contributed by atoms with Crippen molar-refractivity contribution >= 4 is 0 Å². The van der Waals surface area contributed by atoms with Gasteiger partial charge in [-0.05, 0) is 43.4 Å². The van der Waals surface area contributed by atoms with Gasteiger partial charge in [-0.15, -0.1) is 0 Å². The Kier molecular flexibility index (Phi) is 9.43. The van der Waals surface area contributed by atoms with E-state index in [4.69, 9.17) is 5.26 Å². The molecular weight excluding hydrogens is 280 g/mol. The smallest absolute Gasteiger partial charge is 0.0462 e. The van der Waals surface area contributed by atoms with E-state index in [0.717, 1.165) is 13.0 Å². The fraction of sp³-hybridized carbons (Fsp3) is 0.381. The summed E-state index contributed by atoms with van der Waals surface area (Å²) in [7, 11) is 0. The number of nitrogens with zero attached hydrogens (tertiary/aromatic N) is 2. The van der Waals surface area contributed by atoms with E-state index in [9.17, 15) is 0 Å². The van der Waals surface area contributed by atoms with Gasteiger partial charge in [0.05, 0.1) is 0 Å². The lowest BCUT2D eigenvalue weighted by Crippen LogP contribution is -2.20.